The van der Waals surface area contributed by atoms with Crippen molar-refractivity contribution in [1.82, 2.24) is 20.2 Å². The van der Waals surface area contributed by atoms with E-state index in [1.54, 1.807) is 4.68 Å². The maximum atomic E-state index is 11.9. The van der Waals surface area contributed by atoms with Crippen molar-refractivity contribution in [3.8, 4) is 5.69 Å². The van der Waals surface area contributed by atoms with Gasteiger partial charge in [-0.15, -0.1) is 5.10 Å². The number of nitrogens with zero attached hydrogens (tertiary/aromatic N) is 4. The number of tetrazole rings is 1. The highest BCUT2D eigenvalue weighted by Crippen LogP contribution is 2.30. The first-order valence-electron chi connectivity index (χ1n) is 6.38. The van der Waals surface area contributed by atoms with E-state index in [2.05, 4.69) is 15.5 Å². The molecule has 1 atom stereocenters. The van der Waals surface area contributed by atoms with Crippen molar-refractivity contribution in [1.29, 1.82) is 0 Å². The maximum Gasteiger partial charge on any atom is 0.214 e. The zero-order valence-electron chi connectivity index (χ0n) is 10.4. The second-order valence-corrected chi connectivity index (χ2v) is 5.70. The van der Waals surface area contributed by atoms with Gasteiger partial charge in [0, 0.05) is 6.42 Å². The largest absolute Gasteiger partial charge is 0.298 e. The number of ketones is 1. The van der Waals surface area contributed by atoms with E-state index in [0.29, 0.717) is 17.4 Å². The van der Waals surface area contributed by atoms with Gasteiger partial charge in [0.1, 0.15) is 5.78 Å². The summed E-state index contributed by atoms with van der Waals surface area (Å²) in [4.78, 5) is 11.9. The molecule has 1 heterocycles. The molecule has 1 aromatic heterocycles. The number of carbonyl (C=O) groups is 1. The van der Waals surface area contributed by atoms with Crippen molar-refractivity contribution in [3.05, 3.63) is 30.3 Å². The van der Waals surface area contributed by atoms with Crippen LogP contribution in [0.2, 0.25) is 0 Å². The lowest BCUT2D eigenvalue weighted by Crippen LogP contribution is -2.21. The lowest BCUT2D eigenvalue weighted by atomic mass is 9.99. The predicted octanol–water partition coefficient (Wildman–Crippen LogP) is 2.27. The molecular formula is C13H14N4OS. The molecule has 0 aliphatic heterocycles. The minimum atomic E-state index is 0.00205. The lowest BCUT2D eigenvalue weighted by molar-refractivity contribution is -0.119. The fraction of sp³-hybridized carbons (Fsp3) is 0.385. The van der Waals surface area contributed by atoms with E-state index in [0.717, 1.165) is 24.9 Å². The molecule has 2 aromatic rings. The standard InChI is InChI=1S/C13H14N4OS/c18-11-8-4-5-9-12(11)19-13-14-15-16-17(13)10-6-2-1-3-7-10/h1-3,6-7,12H,4-5,8-9H2/t12-/m0/s1. The number of carbonyl (C=O) groups excluding carboxylic acids is 1. The summed E-state index contributed by atoms with van der Waals surface area (Å²) in [6.07, 6.45) is 3.73. The monoisotopic (exact) mass is 274 g/mol. The molecule has 1 saturated carbocycles. The van der Waals surface area contributed by atoms with Crippen LogP contribution in [-0.4, -0.2) is 31.2 Å². The van der Waals surface area contributed by atoms with Crippen molar-refractivity contribution in [3.63, 3.8) is 0 Å². The van der Waals surface area contributed by atoms with Crippen LogP contribution in [0.1, 0.15) is 25.7 Å². The van der Waals surface area contributed by atoms with Crippen molar-refractivity contribution in [2.45, 2.75) is 36.1 Å². The van der Waals surface area contributed by atoms with E-state index < -0.39 is 0 Å². The minimum Gasteiger partial charge on any atom is -0.298 e. The van der Waals surface area contributed by atoms with Gasteiger partial charge in [-0.2, -0.15) is 4.68 Å². The van der Waals surface area contributed by atoms with Crippen LogP contribution in [0.5, 0.6) is 0 Å². The van der Waals surface area contributed by atoms with Gasteiger partial charge in [-0.25, -0.2) is 0 Å². The summed E-state index contributed by atoms with van der Waals surface area (Å²) in [5.41, 5.74) is 0.915. The van der Waals surface area contributed by atoms with Gasteiger partial charge in [-0.05, 0) is 35.4 Å². The molecule has 0 bridgehead atoms. The van der Waals surface area contributed by atoms with Gasteiger partial charge in [0.25, 0.3) is 0 Å². The first kappa shape index (κ1) is 12.3. The molecule has 1 fully saturated rings. The second-order valence-electron chi connectivity index (χ2n) is 4.53. The SMILES string of the molecule is O=C1CCCC[C@@H]1Sc1nnnn1-c1ccccc1. The van der Waals surface area contributed by atoms with Gasteiger partial charge in [-0.1, -0.05) is 36.4 Å². The van der Waals surface area contributed by atoms with Gasteiger partial charge >= 0.3 is 0 Å². The molecular weight excluding hydrogens is 260 g/mol. The van der Waals surface area contributed by atoms with Gasteiger partial charge in [-0.3, -0.25) is 4.79 Å². The third kappa shape index (κ3) is 2.68. The zero-order valence-corrected chi connectivity index (χ0v) is 11.2. The van der Waals surface area contributed by atoms with Crippen LogP contribution >= 0.6 is 11.8 Å². The third-order valence-electron chi connectivity index (χ3n) is 3.19. The van der Waals surface area contributed by atoms with Crippen LogP contribution in [0.15, 0.2) is 35.5 Å². The summed E-state index contributed by atoms with van der Waals surface area (Å²) in [6, 6.07) is 9.73. The van der Waals surface area contributed by atoms with Crippen LogP contribution in [0, 0.1) is 0 Å². The molecule has 1 aromatic carbocycles. The minimum absolute atomic E-state index is 0.00205. The first-order chi connectivity index (χ1) is 9.34. The Balaban J connectivity index is 1.82. The van der Waals surface area contributed by atoms with Gasteiger partial charge in [0.15, 0.2) is 0 Å². The quantitative estimate of drug-likeness (QED) is 0.859. The predicted molar refractivity (Wildman–Crippen MR) is 72.3 cm³/mol. The summed E-state index contributed by atoms with van der Waals surface area (Å²) >= 11 is 1.48. The number of benzene rings is 1. The Morgan fingerprint density at radius 3 is 2.84 bits per heavy atom. The van der Waals surface area contributed by atoms with Crippen molar-refractivity contribution >= 4 is 17.5 Å². The number of aromatic nitrogens is 4. The molecule has 1 aliphatic rings. The summed E-state index contributed by atoms with van der Waals surface area (Å²) in [5.74, 6) is 0.318. The Hall–Kier alpha value is -1.69. The topological polar surface area (TPSA) is 60.7 Å². The Kier molecular flexibility index (Phi) is 3.59. The molecule has 3 rings (SSSR count). The van der Waals surface area contributed by atoms with Gasteiger partial charge in [0.05, 0.1) is 10.9 Å². The molecule has 0 unspecified atom stereocenters. The van der Waals surface area contributed by atoms with Crippen molar-refractivity contribution < 1.29 is 4.79 Å². The average Bonchev–Trinajstić information content (AvgIpc) is 2.91. The normalized spacial score (nSPS) is 19.6. The smallest absolute Gasteiger partial charge is 0.214 e. The summed E-state index contributed by atoms with van der Waals surface area (Å²) in [5, 5.41) is 12.4. The molecule has 1 aliphatic carbocycles. The first-order valence-corrected chi connectivity index (χ1v) is 7.26. The fourth-order valence-corrected chi connectivity index (χ4v) is 3.30. The van der Waals surface area contributed by atoms with E-state index in [-0.39, 0.29) is 5.25 Å². The van der Waals surface area contributed by atoms with Crippen molar-refractivity contribution in [2.75, 3.05) is 0 Å². The average molecular weight is 274 g/mol. The zero-order chi connectivity index (χ0) is 13.1. The van der Waals surface area contributed by atoms with Gasteiger partial charge < -0.3 is 0 Å². The highest BCUT2D eigenvalue weighted by atomic mass is 32.2. The van der Waals surface area contributed by atoms with E-state index in [4.69, 9.17) is 0 Å². The van der Waals surface area contributed by atoms with Crippen molar-refractivity contribution in [2.24, 2.45) is 0 Å². The molecule has 98 valence electrons. The molecule has 19 heavy (non-hydrogen) atoms. The van der Waals surface area contributed by atoms with Crippen LogP contribution in [0.4, 0.5) is 0 Å². The Labute approximate surface area is 115 Å². The van der Waals surface area contributed by atoms with Gasteiger partial charge in [0.2, 0.25) is 5.16 Å². The number of para-hydroxylation sites is 1. The molecule has 6 heteroatoms. The Morgan fingerprint density at radius 2 is 2.05 bits per heavy atom. The molecule has 0 radical (unpaired) electrons. The van der Waals surface area contributed by atoms with Crippen LogP contribution < -0.4 is 0 Å². The lowest BCUT2D eigenvalue weighted by Gasteiger charge is -2.18. The molecule has 5 nitrogen and oxygen atoms in total. The van der Waals surface area contributed by atoms with E-state index in [1.165, 1.54) is 11.8 Å². The van der Waals surface area contributed by atoms with E-state index in [1.807, 2.05) is 30.3 Å². The molecule has 0 spiro atoms. The summed E-state index contributed by atoms with van der Waals surface area (Å²) < 4.78 is 1.69. The van der Waals surface area contributed by atoms with E-state index >= 15 is 0 Å². The third-order valence-corrected chi connectivity index (χ3v) is 4.44. The Morgan fingerprint density at radius 1 is 1.21 bits per heavy atom. The number of hydrogen-bond acceptors (Lipinski definition) is 5. The number of thioether (sulfide) groups is 1. The second kappa shape index (κ2) is 5.52. The molecule has 0 amide bonds. The maximum absolute atomic E-state index is 11.9. The van der Waals surface area contributed by atoms with Crippen LogP contribution in [0.3, 0.4) is 0 Å². The summed E-state index contributed by atoms with van der Waals surface area (Å²) in [7, 11) is 0. The highest BCUT2D eigenvalue weighted by Gasteiger charge is 2.25. The molecule has 0 saturated heterocycles. The van der Waals surface area contributed by atoms with Crippen LogP contribution in [-0.2, 0) is 4.79 Å². The number of Topliss-reactive ketones (excluding diaryl/α,β-unsaturated/α-hetero) is 1. The fourth-order valence-electron chi connectivity index (χ4n) is 2.19. The number of hydrogen-bond donors (Lipinski definition) is 0. The highest BCUT2D eigenvalue weighted by molar-refractivity contribution is 8.00. The van der Waals surface area contributed by atoms with E-state index in [9.17, 15) is 4.79 Å². The number of rotatable bonds is 3. The summed E-state index contributed by atoms with van der Waals surface area (Å²) in [6.45, 7) is 0. The molecule has 0 N–H and O–H groups in total. The Bertz CT molecular complexity index is 569. The van der Waals surface area contributed by atoms with Crippen LogP contribution in [0.25, 0.3) is 5.69 Å².